The van der Waals surface area contributed by atoms with E-state index in [1.807, 2.05) is 0 Å². The SMILES string of the molecule is CCC1(C(=O)O)CCCN1C(=O)NC. The number of nitrogens with zero attached hydrogens (tertiary/aromatic N) is 1. The minimum Gasteiger partial charge on any atom is -0.479 e. The highest BCUT2D eigenvalue weighted by Gasteiger charge is 2.48. The van der Waals surface area contributed by atoms with Crippen LogP contribution in [0.4, 0.5) is 4.79 Å². The molecule has 0 spiro atoms. The molecule has 5 heteroatoms. The first kappa shape index (κ1) is 10.8. The van der Waals surface area contributed by atoms with E-state index >= 15 is 0 Å². The van der Waals surface area contributed by atoms with Crippen LogP contribution in [0.2, 0.25) is 0 Å². The number of rotatable bonds is 2. The molecule has 1 fully saturated rings. The average Bonchev–Trinajstić information content (AvgIpc) is 2.61. The van der Waals surface area contributed by atoms with E-state index in [1.54, 1.807) is 6.92 Å². The number of likely N-dealkylation sites (tertiary alicyclic amines) is 1. The maximum Gasteiger partial charge on any atom is 0.329 e. The lowest BCUT2D eigenvalue weighted by atomic mass is 9.93. The Morgan fingerprint density at radius 2 is 2.21 bits per heavy atom. The van der Waals surface area contributed by atoms with E-state index in [1.165, 1.54) is 11.9 Å². The van der Waals surface area contributed by atoms with E-state index in [9.17, 15) is 9.59 Å². The third-order valence-electron chi connectivity index (χ3n) is 2.93. The number of carboxylic acid groups (broad SMARTS) is 1. The minimum atomic E-state index is -0.986. The van der Waals surface area contributed by atoms with Crippen molar-refractivity contribution in [3.63, 3.8) is 0 Å². The van der Waals surface area contributed by atoms with Crippen LogP contribution in [0.3, 0.4) is 0 Å². The van der Waals surface area contributed by atoms with Gasteiger partial charge in [-0.1, -0.05) is 6.92 Å². The first-order valence-electron chi connectivity index (χ1n) is 4.81. The van der Waals surface area contributed by atoms with E-state index in [2.05, 4.69) is 5.32 Å². The van der Waals surface area contributed by atoms with Crippen LogP contribution >= 0.6 is 0 Å². The smallest absolute Gasteiger partial charge is 0.329 e. The van der Waals surface area contributed by atoms with Crippen molar-refractivity contribution < 1.29 is 14.7 Å². The molecule has 1 saturated heterocycles. The van der Waals surface area contributed by atoms with Crippen molar-refractivity contribution in [3.8, 4) is 0 Å². The maximum atomic E-state index is 11.4. The molecular formula is C9H16N2O3. The Hall–Kier alpha value is -1.26. The maximum absolute atomic E-state index is 11.4. The first-order valence-corrected chi connectivity index (χ1v) is 4.81. The molecule has 2 N–H and O–H groups in total. The monoisotopic (exact) mass is 200 g/mol. The number of hydrogen-bond donors (Lipinski definition) is 2. The molecule has 1 rings (SSSR count). The Morgan fingerprint density at radius 1 is 1.57 bits per heavy atom. The Bertz CT molecular complexity index is 254. The van der Waals surface area contributed by atoms with Crippen molar-refractivity contribution in [3.05, 3.63) is 0 Å². The fraction of sp³-hybridized carbons (Fsp3) is 0.778. The third kappa shape index (κ3) is 1.42. The zero-order chi connectivity index (χ0) is 10.8. The summed E-state index contributed by atoms with van der Waals surface area (Å²) in [6.45, 7) is 2.33. The van der Waals surface area contributed by atoms with Crippen LogP contribution in [0.25, 0.3) is 0 Å². The van der Waals surface area contributed by atoms with Gasteiger partial charge in [0.25, 0.3) is 0 Å². The molecule has 1 aliphatic heterocycles. The summed E-state index contributed by atoms with van der Waals surface area (Å²) in [5.41, 5.74) is -0.986. The molecule has 0 aromatic heterocycles. The van der Waals surface area contributed by atoms with E-state index in [4.69, 9.17) is 5.11 Å². The van der Waals surface area contributed by atoms with Gasteiger partial charge in [-0.25, -0.2) is 9.59 Å². The van der Waals surface area contributed by atoms with Gasteiger partial charge in [0.15, 0.2) is 0 Å². The molecule has 1 heterocycles. The summed E-state index contributed by atoms with van der Waals surface area (Å²) in [6.07, 6.45) is 1.76. The lowest BCUT2D eigenvalue weighted by Gasteiger charge is -2.33. The fourth-order valence-corrected chi connectivity index (χ4v) is 2.05. The van der Waals surface area contributed by atoms with Gasteiger partial charge >= 0.3 is 12.0 Å². The fourth-order valence-electron chi connectivity index (χ4n) is 2.05. The Balaban J connectivity index is 2.94. The van der Waals surface area contributed by atoms with Gasteiger partial charge in [0.2, 0.25) is 0 Å². The van der Waals surface area contributed by atoms with Gasteiger partial charge in [0.05, 0.1) is 0 Å². The number of carbonyl (C=O) groups excluding carboxylic acids is 1. The molecule has 0 aliphatic carbocycles. The van der Waals surface area contributed by atoms with Gasteiger partial charge in [-0.15, -0.1) is 0 Å². The summed E-state index contributed by atoms with van der Waals surface area (Å²) in [5, 5.41) is 11.6. The summed E-state index contributed by atoms with van der Waals surface area (Å²) < 4.78 is 0. The number of urea groups is 1. The molecule has 0 radical (unpaired) electrons. The van der Waals surface area contributed by atoms with Crippen molar-refractivity contribution in [2.45, 2.75) is 31.7 Å². The molecule has 1 atom stereocenters. The summed E-state index contributed by atoms with van der Waals surface area (Å²) in [4.78, 5) is 24.0. The van der Waals surface area contributed by atoms with Crippen molar-refractivity contribution in [2.75, 3.05) is 13.6 Å². The number of hydrogen-bond acceptors (Lipinski definition) is 2. The second-order valence-corrected chi connectivity index (χ2v) is 3.50. The summed E-state index contributed by atoms with van der Waals surface area (Å²) >= 11 is 0. The molecule has 1 aliphatic rings. The predicted octanol–water partition coefficient (Wildman–Crippen LogP) is 0.655. The van der Waals surface area contributed by atoms with Gasteiger partial charge in [0.1, 0.15) is 5.54 Å². The van der Waals surface area contributed by atoms with Gasteiger partial charge < -0.3 is 15.3 Å². The average molecular weight is 200 g/mol. The number of carboxylic acids is 1. The van der Waals surface area contributed by atoms with E-state index in [0.29, 0.717) is 19.4 Å². The second kappa shape index (κ2) is 3.86. The predicted molar refractivity (Wildman–Crippen MR) is 51.1 cm³/mol. The van der Waals surface area contributed by atoms with Gasteiger partial charge in [-0.3, -0.25) is 0 Å². The lowest BCUT2D eigenvalue weighted by molar-refractivity contribution is -0.148. The van der Waals surface area contributed by atoms with Crippen molar-refractivity contribution in [1.29, 1.82) is 0 Å². The van der Waals surface area contributed by atoms with Crippen molar-refractivity contribution in [1.82, 2.24) is 10.2 Å². The lowest BCUT2D eigenvalue weighted by Crippen LogP contribution is -2.55. The molecule has 0 aromatic rings. The normalized spacial score (nSPS) is 26.3. The zero-order valence-electron chi connectivity index (χ0n) is 8.54. The van der Waals surface area contributed by atoms with Crippen molar-refractivity contribution in [2.24, 2.45) is 0 Å². The van der Waals surface area contributed by atoms with Crippen LogP contribution in [-0.2, 0) is 4.79 Å². The summed E-state index contributed by atoms with van der Waals surface area (Å²) in [7, 11) is 1.52. The van der Waals surface area contributed by atoms with Gasteiger partial charge in [0, 0.05) is 13.6 Å². The second-order valence-electron chi connectivity index (χ2n) is 3.50. The number of amides is 2. The van der Waals surface area contributed by atoms with E-state index < -0.39 is 11.5 Å². The quantitative estimate of drug-likeness (QED) is 0.687. The van der Waals surface area contributed by atoms with E-state index in [0.717, 1.165) is 6.42 Å². The van der Waals surface area contributed by atoms with Crippen LogP contribution in [-0.4, -0.2) is 41.1 Å². The molecule has 5 nitrogen and oxygen atoms in total. The highest BCUT2D eigenvalue weighted by Crippen LogP contribution is 2.32. The Kier molecular flexibility index (Phi) is 2.98. The first-order chi connectivity index (χ1) is 6.58. The molecule has 80 valence electrons. The van der Waals surface area contributed by atoms with Gasteiger partial charge in [-0.05, 0) is 19.3 Å². The number of aliphatic carboxylic acids is 1. The largest absolute Gasteiger partial charge is 0.479 e. The third-order valence-corrected chi connectivity index (χ3v) is 2.93. The molecule has 0 saturated carbocycles. The zero-order valence-corrected chi connectivity index (χ0v) is 8.54. The van der Waals surface area contributed by atoms with Gasteiger partial charge in [-0.2, -0.15) is 0 Å². The highest BCUT2D eigenvalue weighted by atomic mass is 16.4. The molecule has 14 heavy (non-hydrogen) atoms. The minimum absolute atomic E-state index is 0.299. The Labute approximate surface area is 83.1 Å². The van der Waals surface area contributed by atoms with E-state index in [-0.39, 0.29) is 6.03 Å². The standard InChI is InChI=1S/C9H16N2O3/c1-3-9(7(12)13)5-4-6-11(9)8(14)10-2/h3-6H2,1-2H3,(H,10,14)(H,12,13). The topological polar surface area (TPSA) is 69.6 Å². The Morgan fingerprint density at radius 3 is 2.64 bits per heavy atom. The molecule has 0 aromatic carbocycles. The molecule has 0 bridgehead atoms. The molecule has 1 unspecified atom stereocenters. The van der Waals surface area contributed by atoms with Crippen LogP contribution < -0.4 is 5.32 Å². The number of carbonyl (C=O) groups is 2. The van der Waals surface area contributed by atoms with Crippen LogP contribution in [0.1, 0.15) is 26.2 Å². The number of nitrogens with one attached hydrogen (secondary N) is 1. The van der Waals surface area contributed by atoms with Crippen LogP contribution in [0.15, 0.2) is 0 Å². The van der Waals surface area contributed by atoms with Crippen molar-refractivity contribution >= 4 is 12.0 Å². The molecule has 2 amide bonds. The summed E-state index contributed by atoms with van der Waals surface area (Å²) in [6, 6.07) is -0.299. The molecular weight excluding hydrogens is 184 g/mol. The summed E-state index contributed by atoms with van der Waals surface area (Å²) in [5.74, 6) is -0.902. The van der Waals surface area contributed by atoms with Crippen LogP contribution in [0, 0.1) is 0 Å². The van der Waals surface area contributed by atoms with Crippen LogP contribution in [0.5, 0.6) is 0 Å². The highest BCUT2D eigenvalue weighted by molar-refractivity contribution is 5.86.